The third-order valence-corrected chi connectivity index (χ3v) is 10.4. The van der Waals surface area contributed by atoms with Gasteiger partial charge in [0, 0.05) is 22.2 Å². The first-order chi connectivity index (χ1) is 26.8. The van der Waals surface area contributed by atoms with Crippen molar-refractivity contribution in [1.29, 1.82) is 0 Å². The summed E-state index contributed by atoms with van der Waals surface area (Å²) in [4.78, 5) is 79.5. The molecule has 0 fully saturated rings. The van der Waals surface area contributed by atoms with E-state index in [9.17, 15) is 42.0 Å². The molecule has 15 nitrogen and oxygen atoms in total. The van der Waals surface area contributed by atoms with E-state index in [4.69, 9.17) is 19.3 Å². The topological polar surface area (TPSA) is 226 Å². The van der Waals surface area contributed by atoms with Gasteiger partial charge in [-0.15, -0.1) is 0 Å². The van der Waals surface area contributed by atoms with Gasteiger partial charge in [0.05, 0.1) is 28.6 Å². The van der Waals surface area contributed by atoms with Crippen molar-refractivity contribution in [1.82, 2.24) is 4.72 Å². The number of Topliss-reactive ketones (excluding diaryl/α,β-unsaturated/α-hetero) is 1. The molecule has 2 amide bonds. The molecular weight excluding hydrogens is 773 g/mol. The molecule has 0 aliphatic carbocycles. The van der Waals surface area contributed by atoms with Gasteiger partial charge in [0.25, 0.3) is 15.9 Å². The second-order valence-electron chi connectivity index (χ2n) is 14.9. The van der Waals surface area contributed by atoms with Crippen molar-refractivity contribution in [3.8, 4) is 0 Å². The smallest absolute Gasteiger partial charge is 0.311 e. The van der Waals surface area contributed by atoms with E-state index in [-0.39, 0.29) is 65.6 Å². The fourth-order valence-electron chi connectivity index (χ4n) is 3.66. The molecule has 0 unspecified atom stereocenters. The highest BCUT2D eigenvalue weighted by Gasteiger charge is 2.28. The van der Waals surface area contributed by atoms with Gasteiger partial charge in [0.15, 0.2) is 5.78 Å². The fourth-order valence-corrected chi connectivity index (χ4v) is 4.63. The van der Waals surface area contributed by atoms with E-state index in [0.717, 1.165) is 6.42 Å². The fraction of sp³-hybridized carbons (Fsp3) is 0.500. The van der Waals surface area contributed by atoms with E-state index < -0.39 is 38.7 Å². The van der Waals surface area contributed by atoms with E-state index >= 15 is 0 Å². The summed E-state index contributed by atoms with van der Waals surface area (Å²) in [5.74, 6) is -3.28. The number of carboxylic acids is 1. The number of anilines is 1. The number of ether oxygens (including phenoxy) is 3. The molecule has 16 heteroatoms. The van der Waals surface area contributed by atoms with Gasteiger partial charge in [-0.2, -0.15) is 0 Å². The highest BCUT2D eigenvalue weighted by molar-refractivity contribution is 7.90. The largest absolute Gasteiger partial charge is 0.481 e. The molecule has 0 radical (unpaired) electrons. The molecule has 2 rings (SSSR count). The highest BCUT2D eigenvalue weighted by Crippen LogP contribution is 2.24. The van der Waals surface area contributed by atoms with E-state index in [1.165, 1.54) is 55.5 Å². The number of aliphatic carboxylic acids is 1. The summed E-state index contributed by atoms with van der Waals surface area (Å²) in [6, 6.07) is 11.2. The Kier molecular flexibility index (Phi) is 22.1. The second-order valence-corrected chi connectivity index (χ2v) is 16.6. The maximum Gasteiger partial charge on any atom is 0.311 e. The van der Waals surface area contributed by atoms with Crippen LogP contribution in [-0.2, 0) is 48.2 Å². The standard InChI is InChI=1S/C21H24N2O5S.C12H20O6.C9H16O2/c1-5-21(3,4)20(26)22-17-10-12-18(13-11-17)29(27,28)23-19(25)16-8-6-15(7-9-16)14(2)24;1-4-12(2,3)11(16)18-8-7-17-10(15)6-5-9(13)14;1-5-7-11-8(10)9(3,4)6-2/h6-13H,5H2,1-4H3,(H,22,26)(H,23,25);4-8H2,1-3H3,(H,13,14);5H,1,6-7H2,2-4H3. The van der Waals surface area contributed by atoms with Gasteiger partial charge in [-0.3, -0.25) is 33.6 Å². The Morgan fingerprint density at radius 2 is 1.16 bits per heavy atom. The number of esters is 3. The van der Waals surface area contributed by atoms with Gasteiger partial charge in [-0.05, 0) is 90.3 Å². The van der Waals surface area contributed by atoms with Crippen LogP contribution in [0.1, 0.15) is 122 Å². The average molecular weight is 833 g/mol. The number of amides is 2. The van der Waals surface area contributed by atoms with Crippen LogP contribution in [0.5, 0.6) is 0 Å². The van der Waals surface area contributed by atoms with Crippen molar-refractivity contribution in [2.45, 2.75) is 106 Å². The van der Waals surface area contributed by atoms with Crippen molar-refractivity contribution >= 4 is 57.2 Å². The number of nitrogens with one attached hydrogen (secondary N) is 2. The van der Waals surface area contributed by atoms with E-state index in [1.807, 2.05) is 53.2 Å². The number of hydrogen-bond acceptors (Lipinski definition) is 12. The summed E-state index contributed by atoms with van der Waals surface area (Å²) in [6.45, 7) is 21.8. The minimum atomic E-state index is -4.09. The monoisotopic (exact) mass is 832 g/mol. The van der Waals surface area contributed by atoms with Crippen molar-refractivity contribution in [3.05, 3.63) is 72.3 Å². The minimum Gasteiger partial charge on any atom is -0.481 e. The van der Waals surface area contributed by atoms with E-state index in [2.05, 4.69) is 11.9 Å². The zero-order chi connectivity index (χ0) is 44.9. The number of benzene rings is 2. The van der Waals surface area contributed by atoms with Crippen LogP contribution in [0, 0.1) is 16.2 Å². The lowest BCUT2D eigenvalue weighted by Crippen LogP contribution is -2.31. The first-order valence-electron chi connectivity index (χ1n) is 18.7. The molecule has 3 N–H and O–H groups in total. The Labute approximate surface area is 342 Å². The van der Waals surface area contributed by atoms with Crippen LogP contribution in [0.15, 0.2) is 66.1 Å². The first-order valence-corrected chi connectivity index (χ1v) is 20.2. The Bertz CT molecular complexity index is 1830. The molecule has 0 aliphatic heterocycles. The summed E-state index contributed by atoms with van der Waals surface area (Å²) >= 11 is 0. The lowest BCUT2D eigenvalue weighted by molar-refractivity contribution is -0.159. The molecule has 0 aliphatic rings. The Balaban J connectivity index is 0.000000953. The lowest BCUT2D eigenvalue weighted by Gasteiger charge is -2.21. The summed E-state index contributed by atoms with van der Waals surface area (Å²) < 4.78 is 41.4. The van der Waals surface area contributed by atoms with Crippen LogP contribution < -0.4 is 10.0 Å². The summed E-state index contributed by atoms with van der Waals surface area (Å²) in [7, 11) is -4.09. The van der Waals surface area contributed by atoms with Crippen LogP contribution in [-0.4, -0.2) is 74.8 Å². The minimum absolute atomic E-state index is 0.0128. The summed E-state index contributed by atoms with van der Waals surface area (Å²) in [5.41, 5.74) is -0.452. The Morgan fingerprint density at radius 3 is 1.60 bits per heavy atom. The number of ketones is 1. The van der Waals surface area contributed by atoms with Gasteiger partial charge < -0.3 is 24.6 Å². The van der Waals surface area contributed by atoms with Crippen molar-refractivity contribution in [3.63, 3.8) is 0 Å². The molecule has 322 valence electrons. The molecule has 0 saturated heterocycles. The molecule has 0 bridgehead atoms. The number of carbonyl (C=O) groups excluding carboxylic acids is 6. The quantitative estimate of drug-likeness (QED) is 0.0431. The molecule has 0 atom stereocenters. The number of carbonyl (C=O) groups is 7. The molecule has 2 aromatic rings. The maximum absolute atomic E-state index is 12.5. The molecule has 0 spiro atoms. The first kappa shape index (κ1) is 52.6. The lowest BCUT2D eigenvalue weighted by atomic mass is 9.89. The van der Waals surface area contributed by atoms with Crippen LogP contribution in [0.4, 0.5) is 5.69 Å². The number of rotatable bonds is 19. The number of carboxylic acid groups (broad SMARTS) is 1. The van der Waals surface area contributed by atoms with Crippen LogP contribution in [0.3, 0.4) is 0 Å². The van der Waals surface area contributed by atoms with Crippen molar-refractivity contribution in [2.24, 2.45) is 16.2 Å². The Hall–Kier alpha value is -5.38. The summed E-state index contributed by atoms with van der Waals surface area (Å²) in [5, 5.41) is 11.1. The third-order valence-electron chi connectivity index (χ3n) is 9.03. The zero-order valence-electron chi connectivity index (χ0n) is 35.3. The number of hydrogen-bond donors (Lipinski definition) is 3. The number of sulfonamides is 1. The molecule has 58 heavy (non-hydrogen) atoms. The predicted molar refractivity (Wildman–Crippen MR) is 218 cm³/mol. The van der Waals surface area contributed by atoms with Crippen LogP contribution >= 0.6 is 0 Å². The van der Waals surface area contributed by atoms with Crippen molar-refractivity contribution < 1.29 is 61.3 Å². The maximum atomic E-state index is 12.5. The van der Waals surface area contributed by atoms with Gasteiger partial charge in [-0.1, -0.05) is 59.4 Å². The molecule has 2 aromatic carbocycles. The van der Waals surface area contributed by atoms with Gasteiger partial charge in [-0.25, -0.2) is 13.1 Å². The molecule has 0 heterocycles. The highest BCUT2D eigenvalue weighted by atomic mass is 32.2. The third kappa shape index (κ3) is 19.2. The van der Waals surface area contributed by atoms with E-state index in [0.29, 0.717) is 30.7 Å². The predicted octanol–water partition coefficient (Wildman–Crippen LogP) is 6.91. The van der Waals surface area contributed by atoms with Crippen molar-refractivity contribution in [2.75, 3.05) is 25.1 Å². The normalized spacial score (nSPS) is 11.2. The second kappa shape index (κ2) is 24.4. The van der Waals surface area contributed by atoms with Gasteiger partial charge in [0.2, 0.25) is 5.91 Å². The summed E-state index contributed by atoms with van der Waals surface area (Å²) in [6.07, 6.45) is 3.24. The average Bonchev–Trinajstić information content (AvgIpc) is 3.18. The SMILES string of the molecule is C=CCOC(=O)C(C)(C)CC.CCC(C)(C)C(=O)Nc1ccc(S(=O)(=O)NC(=O)c2ccc(C(C)=O)cc2)cc1.CCC(C)(C)C(=O)OCCOC(=O)CCC(=O)O. The van der Waals surface area contributed by atoms with E-state index in [1.54, 1.807) is 19.9 Å². The molecule has 0 aromatic heterocycles. The van der Waals surface area contributed by atoms with Crippen LogP contribution in [0.25, 0.3) is 0 Å². The van der Waals surface area contributed by atoms with Gasteiger partial charge in [0.1, 0.15) is 19.8 Å². The zero-order valence-corrected chi connectivity index (χ0v) is 36.1. The van der Waals surface area contributed by atoms with Gasteiger partial charge >= 0.3 is 23.9 Å². The molecule has 0 saturated carbocycles. The Morgan fingerprint density at radius 1 is 0.690 bits per heavy atom. The molecular formula is C42H60N2O13S. The van der Waals surface area contributed by atoms with Crippen LogP contribution in [0.2, 0.25) is 0 Å².